The minimum Gasteiger partial charge on any atom is -0.206 e. The standard InChI is InChI=1S/C18H11BrF2/c19-14-10-12(15-5-1-3-7-17(15)20)9-13(11-14)16-6-2-4-8-18(16)21/h1-11H. The molecule has 3 aromatic rings. The number of hydrogen-bond acceptors (Lipinski definition) is 0. The van der Waals surface area contributed by atoms with Crippen LogP contribution >= 0.6 is 15.9 Å². The van der Waals surface area contributed by atoms with E-state index in [1.165, 1.54) is 12.1 Å². The van der Waals surface area contributed by atoms with Crippen molar-refractivity contribution in [3.05, 3.63) is 82.8 Å². The van der Waals surface area contributed by atoms with E-state index in [4.69, 9.17) is 0 Å². The van der Waals surface area contributed by atoms with E-state index in [1.807, 2.05) is 12.1 Å². The van der Waals surface area contributed by atoms with E-state index in [0.29, 0.717) is 22.3 Å². The monoisotopic (exact) mass is 344 g/mol. The van der Waals surface area contributed by atoms with Crippen molar-refractivity contribution in [3.8, 4) is 22.3 Å². The van der Waals surface area contributed by atoms with E-state index >= 15 is 0 Å². The Kier molecular flexibility index (Phi) is 3.84. The van der Waals surface area contributed by atoms with Crippen LogP contribution in [0.3, 0.4) is 0 Å². The molecular formula is C18H11BrF2. The van der Waals surface area contributed by atoms with Crippen LogP contribution in [0.1, 0.15) is 0 Å². The van der Waals surface area contributed by atoms with Crippen molar-refractivity contribution >= 4 is 15.9 Å². The summed E-state index contributed by atoms with van der Waals surface area (Å²) in [5.74, 6) is -0.592. The maximum atomic E-state index is 13.9. The highest BCUT2D eigenvalue weighted by Crippen LogP contribution is 2.32. The fourth-order valence-corrected chi connectivity index (χ4v) is 2.78. The van der Waals surface area contributed by atoms with Gasteiger partial charge in [-0.1, -0.05) is 52.3 Å². The van der Waals surface area contributed by atoms with Crippen molar-refractivity contribution in [2.24, 2.45) is 0 Å². The number of benzene rings is 3. The van der Waals surface area contributed by atoms with Gasteiger partial charge in [0.1, 0.15) is 11.6 Å². The fraction of sp³-hybridized carbons (Fsp3) is 0. The molecule has 0 aliphatic carbocycles. The molecule has 21 heavy (non-hydrogen) atoms. The summed E-state index contributed by atoms with van der Waals surface area (Å²) < 4.78 is 28.6. The molecule has 0 aliphatic rings. The zero-order valence-electron chi connectivity index (χ0n) is 11.0. The van der Waals surface area contributed by atoms with Crippen LogP contribution in [-0.4, -0.2) is 0 Å². The highest BCUT2D eigenvalue weighted by Gasteiger charge is 2.10. The summed E-state index contributed by atoms with van der Waals surface area (Å²) in [6, 6.07) is 18.5. The molecule has 0 N–H and O–H groups in total. The second-order valence-electron chi connectivity index (χ2n) is 4.69. The van der Waals surface area contributed by atoms with Gasteiger partial charge in [-0.3, -0.25) is 0 Å². The van der Waals surface area contributed by atoms with Crippen LogP contribution in [0.25, 0.3) is 22.3 Å². The highest BCUT2D eigenvalue weighted by molar-refractivity contribution is 9.10. The molecule has 0 saturated heterocycles. The van der Waals surface area contributed by atoms with Gasteiger partial charge in [0.25, 0.3) is 0 Å². The van der Waals surface area contributed by atoms with Crippen LogP contribution < -0.4 is 0 Å². The molecule has 0 saturated carbocycles. The van der Waals surface area contributed by atoms with Crippen LogP contribution in [0.5, 0.6) is 0 Å². The Morgan fingerprint density at radius 3 is 1.48 bits per heavy atom. The lowest BCUT2D eigenvalue weighted by molar-refractivity contribution is 0.631. The predicted octanol–water partition coefficient (Wildman–Crippen LogP) is 6.06. The average molecular weight is 345 g/mol. The Bertz CT molecular complexity index is 733. The van der Waals surface area contributed by atoms with E-state index in [1.54, 1.807) is 42.5 Å². The Morgan fingerprint density at radius 2 is 1.05 bits per heavy atom. The van der Waals surface area contributed by atoms with Gasteiger partial charge in [-0.25, -0.2) is 8.78 Å². The van der Waals surface area contributed by atoms with E-state index in [0.717, 1.165) is 4.47 Å². The number of rotatable bonds is 2. The molecular weight excluding hydrogens is 334 g/mol. The Hall–Kier alpha value is -2.00. The maximum Gasteiger partial charge on any atom is 0.131 e. The fourth-order valence-electron chi connectivity index (χ4n) is 2.29. The van der Waals surface area contributed by atoms with E-state index in [9.17, 15) is 8.78 Å². The molecule has 0 aliphatic heterocycles. The normalized spacial score (nSPS) is 10.6. The molecule has 0 fully saturated rings. The van der Waals surface area contributed by atoms with Gasteiger partial charge in [0.15, 0.2) is 0 Å². The van der Waals surface area contributed by atoms with Crippen LogP contribution in [0.4, 0.5) is 8.78 Å². The third-order valence-corrected chi connectivity index (χ3v) is 3.73. The minimum absolute atomic E-state index is 0.296. The van der Waals surface area contributed by atoms with Crippen molar-refractivity contribution in [2.75, 3.05) is 0 Å². The lowest BCUT2D eigenvalue weighted by Gasteiger charge is -2.09. The van der Waals surface area contributed by atoms with Gasteiger partial charge in [-0.15, -0.1) is 0 Å². The summed E-state index contributed by atoms with van der Waals surface area (Å²) in [5, 5.41) is 0. The molecule has 0 bridgehead atoms. The molecule has 0 radical (unpaired) electrons. The maximum absolute atomic E-state index is 13.9. The number of hydrogen-bond donors (Lipinski definition) is 0. The second kappa shape index (κ2) is 5.78. The van der Waals surface area contributed by atoms with E-state index in [-0.39, 0.29) is 11.6 Å². The minimum atomic E-state index is -0.296. The molecule has 3 rings (SSSR count). The molecule has 0 spiro atoms. The van der Waals surface area contributed by atoms with Crippen molar-refractivity contribution in [1.82, 2.24) is 0 Å². The molecule has 0 atom stereocenters. The third-order valence-electron chi connectivity index (χ3n) is 3.27. The lowest BCUT2D eigenvalue weighted by Crippen LogP contribution is -1.88. The molecule has 0 heterocycles. The van der Waals surface area contributed by atoms with Crippen molar-refractivity contribution < 1.29 is 8.78 Å². The Balaban J connectivity index is 2.18. The zero-order valence-corrected chi connectivity index (χ0v) is 12.6. The van der Waals surface area contributed by atoms with Crippen LogP contribution in [0.15, 0.2) is 71.2 Å². The number of halogens is 3. The first-order valence-electron chi connectivity index (χ1n) is 6.45. The van der Waals surface area contributed by atoms with Crippen LogP contribution in [0.2, 0.25) is 0 Å². The molecule has 104 valence electrons. The van der Waals surface area contributed by atoms with Crippen molar-refractivity contribution in [1.29, 1.82) is 0 Å². The summed E-state index contributed by atoms with van der Waals surface area (Å²) in [7, 11) is 0. The van der Waals surface area contributed by atoms with Crippen molar-refractivity contribution in [2.45, 2.75) is 0 Å². The smallest absolute Gasteiger partial charge is 0.131 e. The molecule has 0 nitrogen and oxygen atoms in total. The van der Waals surface area contributed by atoms with E-state index in [2.05, 4.69) is 15.9 Å². The summed E-state index contributed by atoms with van der Waals surface area (Å²) in [6.45, 7) is 0. The van der Waals surface area contributed by atoms with Crippen molar-refractivity contribution in [3.63, 3.8) is 0 Å². The predicted molar refractivity (Wildman–Crippen MR) is 84.9 cm³/mol. The van der Waals surface area contributed by atoms with Gasteiger partial charge >= 0.3 is 0 Å². The van der Waals surface area contributed by atoms with Crippen LogP contribution in [0, 0.1) is 11.6 Å². The topological polar surface area (TPSA) is 0 Å². The lowest BCUT2D eigenvalue weighted by atomic mass is 9.98. The first-order chi connectivity index (χ1) is 10.1. The van der Waals surface area contributed by atoms with Gasteiger partial charge < -0.3 is 0 Å². The molecule has 3 heteroatoms. The largest absolute Gasteiger partial charge is 0.206 e. The average Bonchev–Trinajstić information content (AvgIpc) is 2.47. The van der Waals surface area contributed by atoms with Crippen LogP contribution in [-0.2, 0) is 0 Å². The first kappa shape index (κ1) is 14.0. The van der Waals surface area contributed by atoms with Gasteiger partial charge in [0.05, 0.1) is 0 Å². The SMILES string of the molecule is Fc1ccccc1-c1cc(Br)cc(-c2ccccc2F)c1. The zero-order chi connectivity index (χ0) is 14.8. The van der Waals surface area contributed by atoms with Gasteiger partial charge in [-0.2, -0.15) is 0 Å². The summed E-state index contributed by atoms with van der Waals surface area (Å²) in [5.41, 5.74) is 2.41. The summed E-state index contributed by atoms with van der Waals surface area (Å²) >= 11 is 3.41. The summed E-state index contributed by atoms with van der Waals surface area (Å²) in [4.78, 5) is 0. The molecule has 0 aromatic heterocycles. The molecule has 0 unspecified atom stereocenters. The quantitative estimate of drug-likeness (QED) is 0.529. The Labute approximate surface area is 130 Å². The Morgan fingerprint density at radius 1 is 0.619 bits per heavy atom. The summed E-state index contributed by atoms with van der Waals surface area (Å²) in [6.07, 6.45) is 0. The molecule has 0 amide bonds. The third kappa shape index (κ3) is 2.88. The first-order valence-corrected chi connectivity index (χ1v) is 7.25. The van der Waals surface area contributed by atoms with Gasteiger partial charge in [0, 0.05) is 15.6 Å². The highest BCUT2D eigenvalue weighted by atomic mass is 79.9. The van der Waals surface area contributed by atoms with Gasteiger partial charge in [0.2, 0.25) is 0 Å². The second-order valence-corrected chi connectivity index (χ2v) is 5.60. The molecule has 3 aromatic carbocycles. The van der Waals surface area contributed by atoms with Gasteiger partial charge in [-0.05, 0) is 41.5 Å². The van der Waals surface area contributed by atoms with E-state index < -0.39 is 0 Å².